The molecule has 14 nitrogen and oxygen atoms in total. The third-order valence-electron chi connectivity index (χ3n) is 11.8. The van der Waals surface area contributed by atoms with E-state index in [-0.39, 0.29) is 40.2 Å². The van der Waals surface area contributed by atoms with Gasteiger partial charge in [-0.3, -0.25) is 29.2 Å². The van der Waals surface area contributed by atoms with Crippen LogP contribution in [0.5, 0.6) is 11.5 Å². The summed E-state index contributed by atoms with van der Waals surface area (Å²) in [7, 11) is 2.15. The molecule has 8 rings (SSSR count). The number of oxazole rings is 1. The number of rotatable bonds is 19. The fourth-order valence-electron chi connectivity index (χ4n) is 8.20. The molecule has 0 spiro atoms. The summed E-state index contributed by atoms with van der Waals surface area (Å²) in [5.41, 5.74) is 1.39. The molecule has 3 amide bonds. The number of imide groups is 1. The molecule has 3 N–H and O–H groups in total. The van der Waals surface area contributed by atoms with Gasteiger partial charge in [0.1, 0.15) is 23.6 Å². The Kier molecular flexibility index (Phi) is 13.1. The van der Waals surface area contributed by atoms with E-state index in [4.69, 9.17) is 9.15 Å². The molecule has 5 aromatic rings. The van der Waals surface area contributed by atoms with Gasteiger partial charge in [-0.2, -0.15) is 5.10 Å². The maximum absolute atomic E-state index is 14.1. The minimum atomic E-state index is -2.86. The van der Waals surface area contributed by atoms with Crippen LogP contribution in [0.1, 0.15) is 119 Å². The quantitative estimate of drug-likeness (QED) is 0.0412. The number of hydrogen-bond donors (Lipinski definition) is 3. The van der Waals surface area contributed by atoms with Crippen molar-refractivity contribution >= 4 is 35.0 Å². The molecule has 62 heavy (non-hydrogen) atoms. The number of alkyl halides is 2. The van der Waals surface area contributed by atoms with Crippen LogP contribution in [0.2, 0.25) is 0 Å². The van der Waals surface area contributed by atoms with Crippen molar-refractivity contribution in [2.75, 3.05) is 37.3 Å². The van der Waals surface area contributed by atoms with Gasteiger partial charge < -0.3 is 24.7 Å². The number of nitrogens with zero attached hydrogens (tertiary/aromatic N) is 5. The van der Waals surface area contributed by atoms with E-state index >= 15 is 0 Å². The van der Waals surface area contributed by atoms with Gasteiger partial charge in [-0.05, 0) is 125 Å². The van der Waals surface area contributed by atoms with Gasteiger partial charge in [0, 0.05) is 36.6 Å². The van der Waals surface area contributed by atoms with E-state index in [0.29, 0.717) is 29.0 Å². The van der Waals surface area contributed by atoms with Crippen molar-refractivity contribution in [2.45, 2.75) is 83.1 Å². The molecule has 2 fully saturated rings. The van der Waals surface area contributed by atoms with Gasteiger partial charge in [-0.25, -0.2) is 18.7 Å². The Hall–Kier alpha value is -6.29. The highest BCUT2D eigenvalue weighted by Gasteiger charge is 2.33. The number of unbranched alkanes of at least 4 members (excludes halogenated alkanes) is 3. The third-order valence-corrected chi connectivity index (χ3v) is 11.8. The van der Waals surface area contributed by atoms with Crippen molar-refractivity contribution in [3.8, 4) is 23.0 Å². The molecule has 2 saturated carbocycles. The van der Waals surface area contributed by atoms with Crippen LogP contribution in [0.25, 0.3) is 11.5 Å². The van der Waals surface area contributed by atoms with Crippen LogP contribution in [0, 0.1) is 11.8 Å². The number of nitrogens with one attached hydrogen (secondary N) is 3. The highest BCUT2D eigenvalue weighted by molar-refractivity contribution is 6.49. The van der Waals surface area contributed by atoms with Gasteiger partial charge >= 0.3 is 0 Å². The minimum Gasteiger partial charge on any atom is -0.457 e. The third kappa shape index (κ3) is 10.4. The van der Waals surface area contributed by atoms with Crippen molar-refractivity contribution in [3.05, 3.63) is 101 Å². The van der Waals surface area contributed by atoms with Gasteiger partial charge in [0.15, 0.2) is 11.4 Å². The fraction of sp³-hybridized carbons (Fsp3) is 0.413. The molecule has 3 aromatic heterocycles. The molecule has 0 bridgehead atoms. The Balaban J connectivity index is 0.734. The zero-order valence-electron chi connectivity index (χ0n) is 34.6. The first-order chi connectivity index (χ1) is 30.1. The summed E-state index contributed by atoms with van der Waals surface area (Å²) < 4.78 is 41.4. The number of carbonyl (C=O) groups excluding carboxylic acids is 4. The fourth-order valence-corrected chi connectivity index (χ4v) is 8.20. The zero-order valence-corrected chi connectivity index (χ0v) is 34.6. The van der Waals surface area contributed by atoms with Crippen LogP contribution >= 0.6 is 0 Å². The Morgan fingerprint density at radius 2 is 1.74 bits per heavy atom. The van der Waals surface area contributed by atoms with Crippen LogP contribution in [0.15, 0.2) is 77.7 Å². The number of pyridine rings is 1. The SMILES string of the molecule is CN(CCCCCCc1ccc(Oc2cccc3c2C(=O)NC(=O)C3=O)cc1)CC1CCC(n2cc(NC(=O)c3coc(-c4ccnc(NCC5CC5)c4)n3)c(C(F)F)n2)CC1. The number of carbonyl (C=O) groups is 4. The first kappa shape index (κ1) is 42.4. The summed E-state index contributed by atoms with van der Waals surface area (Å²) in [6.07, 6.45) is 12.8. The first-order valence-electron chi connectivity index (χ1n) is 21.4. The standard InChI is InChI=1S/C46H50F2N8O6/c1-55(22-5-3-2-4-7-28-14-18-33(19-15-28)62-37-9-6-8-34-39(37)44(59)53-45(60)41(34)57)25-30-12-16-32(17-13-30)56-26-35(40(54-56)42(47)48)51-43(58)36-27-61-46(52-36)31-20-21-49-38(23-31)50-24-29-10-11-29/h6,8-9,14-15,18-21,23,26-27,29-30,32,42H,2-5,7,10-13,16-17,22,24-25H2,1H3,(H,49,50)(H,51,58)(H,53,59,60). The summed E-state index contributed by atoms with van der Waals surface area (Å²) in [6, 6.07) is 15.8. The molecule has 0 radical (unpaired) electrons. The van der Waals surface area contributed by atoms with Crippen molar-refractivity contribution in [3.63, 3.8) is 0 Å². The lowest BCUT2D eigenvalue weighted by Gasteiger charge is -2.31. The minimum absolute atomic E-state index is 0.0267. The van der Waals surface area contributed by atoms with E-state index < -0.39 is 35.6 Å². The zero-order chi connectivity index (χ0) is 43.2. The van der Waals surface area contributed by atoms with E-state index in [0.717, 1.165) is 77.4 Å². The van der Waals surface area contributed by atoms with Gasteiger partial charge in [-0.1, -0.05) is 31.0 Å². The van der Waals surface area contributed by atoms with Crippen LogP contribution in [-0.2, 0) is 11.2 Å². The van der Waals surface area contributed by atoms with Gasteiger partial charge in [0.25, 0.3) is 29.9 Å². The van der Waals surface area contributed by atoms with Crippen molar-refractivity contribution < 1.29 is 37.1 Å². The molecule has 2 aliphatic carbocycles. The topological polar surface area (TPSA) is 174 Å². The number of aryl methyl sites for hydroxylation is 1. The molecular weight excluding hydrogens is 799 g/mol. The summed E-state index contributed by atoms with van der Waals surface area (Å²) in [5, 5.41) is 12.2. The monoisotopic (exact) mass is 848 g/mol. The number of fused-ring (bicyclic) bond motifs is 1. The lowest BCUT2D eigenvalue weighted by Crippen LogP contribution is -2.42. The maximum Gasteiger partial charge on any atom is 0.299 e. The number of ketones is 1. The number of ether oxygens (including phenoxy) is 1. The largest absolute Gasteiger partial charge is 0.457 e. The highest BCUT2D eigenvalue weighted by Crippen LogP contribution is 2.36. The summed E-state index contributed by atoms with van der Waals surface area (Å²) in [4.78, 5) is 60.5. The van der Waals surface area contributed by atoms with Crippen molar-refractivity contribution in [1.29, 1.82) is 0 Å². The normalized spacial score (nSPS) is 17.6. The van der Waals surface area contributed by atoms with Crippen LogP contribution in [0.3, 0.4) is 0 Å². The average Bonchev–Trinajstić information content (AvgIpc) is 3.79. The molecule has 324 valence electrons. The molecule has 2 aromatic carbocycles. The first-order valence-corrected chi connectivity index (χ1v) is 21.4. The van der Waals surface area contributed by atoms with E-state index in [2.05, 4.69) is 43.0 Å². The lowest BCUT2D eigenvalue weighted by atomic mass is 9.86. The number of aromatic nitrogens is 4. The van der Waals surface area contributed by atoms with Gasteiger partial charge in [0.2, 0.25) is 5.89 Å². The number of amides is 3. The second kappa shape index (κ2) is 19.2. The lowest BCUT2D eigenvalue weighted by molar-refractivity contribution is -0.116. The Labute approximate surface area is 357 Å². The average molecular weight is 849 g/mol. The van der Waals surface area contributed by atoms with Gasteiger partial charge in [0.05, 0.1) is 17.3 Å². The summed E-state index contributed by atoms with van der Waals surface area (Å²) >= 11 is 0. The second-order valence-corrected chi connectivity index (χ2v) is 16.6. The number of anilines is 2. The van der Waals surface area contributed by atoms with Crippen LogP contribution < -0.4 is 20.7 Å². The molecule has 3 aliphatic rings. The number of hydrogen-bond acceptors (Lipinski definition) is 11. The van der Waals surface area contributed by atoms with Gasteiger partial charge in [-0.15, -0.1) is 0 Å². The Bertz CT molecular complexity index is 2400. The predicted molar refractivity (Wildman–Crippen MR) is 227 cm³/mol. The smallest absolute Gasteiger partial charge is 0.299 e. The molecule has 1 aliphatic heterocycles. The maximum atomic E-state index is 14.1. The predicted octanol–water partition coefficient (Wildman–Crippen LogP) is 8.66. The van der Waals surface area contributed by atoms with E-state index in [1.807, 2.05) is 24.3 Å². The molecule has 0 saturated heterocycles. The number of benzene rings is 2. The van der Waals surface area contributed by atoms with E-state index in [1.54, 1.807) is 35.1 Å². The summed E-state index contributed by atoms with van der Waals surface area (Å²) in [5.74, 6) is -0.166. The molecular formula is C46H50F2N8O6. The second-order valence-electron chi connectivity index (χ2n) is 16.6. The van der Waals surface area contributed by atoms with Crippen molar-refractivity contribution in [2.24, 2.45) is 11.8 Å². The number of halogens is 2. The Morgan fingerprint density at radius 3 is 2.52 bits per heavy atom. The van der Waals surface area contributed by atoms with Crippen molar-refractivity contribution in [1.82, 2.24) is 30.0 Å². The molecule has 16 heteroatoms. The number of Topliss-reactive ketones (excluding diaryl/α,β-unsaturated/α-hetero) is 1. The van der Waals surface area contributed by atoms with Crippen LogP contribution in [-0.4, -0.2) is 74.8 Å². The highest BCUT2D eigenvalue weighted by atomic mass is 19.3. The molecule has 0 atom stereocenters. The van der Waals surface area contributed by atoms with E-state index in [9.17, 15) is 28.0 Å². The molecule has 0 unspecified atom stereocenters. The Morgan fingerprint density at radius 1 is 0.968 bits per heavy atom. The van der Waals surface area contributed by atoms with Crippen LogP contribution in [0.4, 0.5) is 20.3 Å². The summed E-state index contributed by atoms with van der Waals surface area (Å²) in [6.45, 7) is 2.83. The molecule has 4 heterocycles. The van der Waals surface area contributed by atoms with E-state index in [1.165, 1.54) is 36.9 Å².